The van der Waals surface area contributed by atoms with E-state index in [1.165, 1.54) is 0 Å². The summed E-state index contributed by atoms with van der Waals surface area (Å²) >= 11 is 0. The minimum Gasteiger partial charge on any atom is -0.244 e. The predicted octanol–water partition coefficient (Wildman–Crippen LogP) is 10.9. The summed E-state index contributed by atoms with van der Waals surface area (Å²) < 4.78 is 0. The third-order valence-corrected chi connectivity index (χ3v) is 8.96. The second-order valence-corrected chi connectivity index (χ2v) is 12.4. The van der Waals surface area contributed by atoms with Gasteiger partial charge in [0.25, 0.3) is 0 Å². The van der Waals surface area contributed by atoms with Gasteiger partial charge in [0.1, 0.15) is 5.69 Å². The predicted molar refractivity (Wildman–Crippen MR) is 209 cm³/mol. The summed E-state index contributed by atoms with van der Waals surface area (Å²) in [5, 5.41) is 1.08. The highest BCUT2D eigenvalue weighted by molar-refractivity contribution is 5.82. The van der Waals surface area contributed by atoms with Gasteiger partial charge in [-0.25, -0.2) is 29.9 Å². The molecule has 0 amide bonds. The summed E-state index contributed by atoms with van der Waals surface area (Å²) in [4.78, 5) is 29.6. The average Bonchev–Trinajstić information content (AvgIpc) is 3.24. The second kappa shape index (κ2) is 13.6. The van der Waals surface area contributed by atoms with Crippen LogP contribution in [0.2, 0.25) is 0 Å². The topological polar surface area (TPSA) is 77.3 Å². The van der Waals surface area contributed by atoms with Crippen LogP contribution in [-0.2, 0) is 0 Å². The quantitative estimate of drug-likeness (QED) is 0.168. The third-order valence-electron chi connectivity index (χ3n) is 8.96. The van der Waals surface area contributed by atoms with E-state index in [1.807, 2.05) is 121 Å². The van der Waals surface area contributed by atoms with Crippen molar-refractivity contribution in [2.75, 3.05) is 0 Å². The Balaban J connectivity index is 1.08. The number of nitrogens with zero attached hydrogens (tertiary/aromatic N) is 6. The minimum atomic E-state index is 0.584. The summed E-state index contributed by atoms with van der Waals surface area (Å²) in [5.41, 5.74) is 10.2. The molecule has 52 heavy (non-hydrogen) atoms. The lowest BCUT2D eigenvalue weighted by Crippen LogP contribution is -2.00. The molecule has 6 heteroatoms. The lowest BCUT2D eigenvalue weighted by atomic mass is 10.00. The zero-order valence-corrected chi connectivity index (χ0v) is 28.0. The lowest BCUT2D eigenvalue weighted by Gasteiger charge is -2.11. The normalized spacial score (nSPS) is 11.1. The molecule has 0 N–H and O–H groups in total. The monoisotopic (exact) mass is 666 g/mol. The highest BCUT2D eigenvalue weighted by Gasteiger charge is 2.15. The highest BCUT2D eigenvalue weighted by Crippen LogP contribution is 2.32. The standard InChI is InChI=1S/C46H30N6/c1-4-13-32(14-5-1)41-30-42(49-46(48-41)40-28-27-33-15-10-11-22-39(33)47-40)34-25-23-31(24-26-34)37-20-12-21-38(29-37)45-51-43(35-16-6-2-7-17-35)50-44(52-45)36-18-8-3-9-19-36/h1-30H. The molecule has 0 aliphatic heterocycles. The third kappa shape index (κ3) is 6.32. The maximum Gasteiger partial charge on any atom is 0.179 e. The fourth-order valence-corrected chi connectivity index (χ4v) is 6.27. The number of hydrogen-bond donors (Lipinski definition) is 0. The number of para-hydroxylation sites is 1. The molecule has 0 spiro atoms. The number of pyridine rings is 1. The van der Waals surface area contributed by atoms with Crippen LogP contribution in [0.1, 0.15) is 0 Å². The summed E-state index contributed by atoms with van der Waals surface area (Å²) in [5.74, 6) is 2.48. The Hall–Kier alpha value is -7.18. The second-order valence-electron chi connectivity index (χ2n) is 12.4. The van der Waals surface area contributed by atoms with Crippen LogP contribution in [0.5, 0.6) is 0 Å². The van der Waals surface area contributed by atoms with E-state index >= 15 is 0 Å². The Morgan fingerprint density at radius 1 is 0.231 bits per heavy atom. The molecule has 0 aliphatic carbocycles. The summed E-state index contributed by atoms with van der Waals surface area (Å²) in [7, 11) is 0. The van der Waals surface area contributed by atoms with Crippen LogP contribution in [0, 0.1) is 0 Å². The molecule has 0 atom stereocenters. The molecule has 3 heterocycles. The molecule has 0 fully saturated rings. The molecule has 9 aromatic rings. The van der Waals surface area contributed by atoms with Gasteiger partial charge in [-0.3, -0.25) is 0 Å². The van der Waals surface area contributed by atoms with Crippen molar-refractivity contribution in [2.45, 2.75) is 0 Å². The van der Waals surface area contributed by atoms with E-state index in [4.69, 9.17) is 29.9 Å². The van der Waals surface area contributed by atoms with Crippen LogP contribution in [-0.4, -0.2) is 29.9 Å². The zero-order valence-electron chi connectivity index (χ0n) is 28.0. The molecular weight excluding hydrogens is 637 g/mol. The molecule has 6 aromatic carbocycles. The maximum absolute atomic E-state index is 5.03. The Kier molecular flexibility index (Phi) is 8.08. The van der Waals surface area contributed by atoms with Crippen molar-refractivity contribution < 1.29 is 0 Å². The van der Waals surface area contributed by atoms with E-state index in [9.17, 15) is 0 Å². The van der Waals surface area contributed by atoms with Gasteiger partial charge >= 0.3 is 0 Å². The first kappa shape index (κ1) is 30.8. The first-order valence-electron chi connectivity index (χ1n) is 17.1. The van der Waals surface area contributed by atoms with Crippen LogP contribution < -0.4 is 0 Å². The van der Waals surface area contributed by atoms with Gasteiger partial charge in [-0.1, -0.05) is 158 Å². The SMILES string of the molecule is c1ccc(-c2cc(-c3ccc(-c4cccc(-c5nc(-c6ccccc6)nc(-c6ccccc6)n5)c4)cc3)nc(-c3ccc4ccccc4n3)n2)cc1. The fraction of sp³-hybridized carbons (Fsp3) is 0. The van der Waals surface area contributed by atoms with Crippen LogP contribution in [0.15, 0.2) is 182 Å². The maximum atomic E-state index is 5.03. The molecule has 0 saturated heterocycles. The largest absolute Gasteiger partial charge is 0.244 e. The first-order valence-corrected chi connectivity index (χ1v) is 17.1. The van der Waals surface area contributed by atoms with Crippen LogP contribution >= 0.6 is 0 Å². The van der Waals surface area contributed by atoms with Crippen LogP contribution in [0.25, 0.3) is 90.2 Å². The highest BCUT2D eigenvalue weighted by atomic mass is 15.0. The average molecular weight is 667 g/mol. The molecule has 0 unspecified atom stereocenters. The van der Waals surface area contributed by atoms with Gasteiger partial charge in [0.2, 0.25) is 0 Å². The van der Waals surface area contributed by atoms with Crippen molar-refractivity contribution in [2.24, 2.45) is 0 Å². The minimum absolute atomic E-state index is 0.584. The summed E-state index contributed by atoms with van der Waals surface area (Å²) in [6, 6.07) is 61.3. The van der Waals surface area contributed by atoms with Gasteiger partial charge < -0.3 is 0 Å². The number of benzene rings is 6. The van der Waals surface area contributed by atoms with Gasteiger partial charge in [-0.2, -0.15) is 0 Å². The Labute approximate surface area is 301 Å². The number of hydrogen-bond acceptors (Lipinski definition) is 6. The molecule has 0 saturated carbocycles. The Morgan fingerprint density at radius 2 is 0.712 bits per heavy atom. The van der Waals surface area contributed by atoms with Crippen molar-refractivity contribution in [3.63, 3.8) is 0 Å². The van der Waals surface area contributed by atoms with Crippen molar-refractivity contribution in [1.29, 1.82) is 0 Å². The van der Waals surface area contributed by atoms with E-state index in [0.29, 0.717) is 23.3 Å². The molecule has 0 radical (unpaired) electrons. The molecule has 0 aliphatic rings. The molecule has 244 valence electrons. The molecule has 6 nitrogen and oxygen atoms in total. The van der Waals surface area contributed by atoms with Crippen molar-refractivity contribution in [3.05, 3.63) is 182 Å². The van der Waals surface area contributed by atoms with Crippen molar-refractivity contribution >= 4 is 10.9 Å². The van der Waals surface area contributed by atoms with Gasteiger partial charge in [-0.15, -0.1) is 0 Å². The van der Waals surface area contributed by atoms with Gasteiger partial charge in [0.05, 0.1) is 16.9 Å². The zero-order chi connectivity index (χ0) is 34.7. The van der Waals surface area contributed by atoms with E-state index in [0.717, 1.165) is 66.9 Å². The molecular formula is C46H30N6. The van der Waals surface area contributed by atoms with Crippen LogP contribution in [0.4, 0.5) is 0 Å². The summed E-state index contributed by atoms with van der Waals surface area (Å²) in [6.45, 7) is 0. The summed E-state index contributed by atoms with van der Waals surface area (Å²) in [6.07, 6.45) is 0. The van der Waals surface area contributed by atoms with Gasteiger partial charge in [-0.05, 0) is 35.4 Å². The lowest BCUT2D eigenvalue weighted by molar-refractivity contribution is 1.07. The van der Waals surface area contributed by atoms with Crippen molar-refractivity contribution in [1.82, 2.24) is 29.9 Å². The number of aromatic nitrogens is 6. The first-order chi connectivity index (χ1) is 25.7. The van der Waals surface area contributed by atoms with E-state index < -0.39 is 0 Å². The van der Waals surface area contributed by atoms with Gasteiger partial charge in [0.15, 0.2) is 23.3 Å². The van der Waals surface area contributed by atoms with Crippen molar-refractivity contribution in [3.8, 4) is 79.3 Å². The van der Waals surface area contributed by atoms with E-state index in [2.05, 4.69) is 60.7 Å². The molecule has 0 bridgehead atoms. The fourth-order valence-electron chi connectivity index (χ4n) is 6.27. The van der Waals surface area contributed by atoms with Gasteiger partial charge in [0, 0.05) is 33.2 Å². The Morgan fingerprint density at radius 3 is 1.35 bits per heavy atom. The number of rotatable bonds is 7. The smallest absolute Gasteiger partial charge is 0.179 e. The number of fused-ring (bicyclic) bond motifs is 1. The Bertz CT molecular complexity index is 2600. The molecule has 3 aromatic heterocycles. The van der Waals surface area contributed by atoms with E-state index in [-0.39, 0.29) is 0 Å². The van der Waals surface area contributed by atoms with Crippen LogP contribution in [0.3, 0.4) is 0 Å². The van der Waals surface area contributed by atoms with E-state index in [1.54, 1.807) is 0 Å². The molecule has 9 rings (SSSR count).